The first kappa shape index (κ1) is 11.0. The predicted octanol–water partition coefficient (Wildman–Crippen LogP) is 1.31. The van der Waals surface area contributed by atoms with Gasteiger partial charge in [-0.1, -0.05) is 12.1 Å². The van der Waals surface area contributed by atoms with Gasteiger partial charge < -0.3 is 15.8 Å². The van der Waals surface area contributed by atoms with E-state index in [9.17, 15) is 0 Å². The number of anilines is 1. The molecule has 78 valence electrons. The van der Waals surface area contributed by atoms with Crippen LogP contribution in [0.2, 0.25) is 0 Å². The highest BCUT2D eigenvalue weighted by atomic mass is 16.5. The fourth-order valence-corrected chi connectivity index (χ4v) is 1.21. The second-order valence-electron chi connectivity index (χ2n) is 3.36. The van der Waals surface area contributed by atoms with Gasteiger partial charge in [0.15, 0.2) is 0 Å². The minimum absolute atomic E-state index is 0.737. The van der Waals surface area contributed by atoms with Crippen molar-refractivity contribution in [2.24, 2.45) is 0 Å². The van der Waals surface area contributed by atoms with E-state index in [1.807, 2.05) is 19.1 Å². The maximum absolute atomic E-state index is 5.80. The molecule has 0 saturated carbocycles. The van der Waals surface area contributed by atoms with Gasteiger partial charge in [-0.25, -0.2) is 0 Å². The zero-order valence-electron chi connectivity index (χ0n) is 8.84. The maximum Gasteiger partial charge on any atom is 0.0587 e. The first-order valence-electron chi connectivity index (χ1n) is 4.78. The Hall–Kier alpha value is -1.06. The molecule has 1 aromatic rings. The Kier molecular flexibility index (Phi) is 4.43. The van der Waals surface area contributed by atoms with Gasteiger partial charge in [0.2, 0.25) is 0 Å². The number of nitrogens with two attached hydrogens (primary N) is 1. The van der Waals surface area contributed by atoms with Gasteiger partial charge in [0.25, 0.3) is 0 Å². The summed E-state index contributed by atoms with van der Waals surface area (Å²) in [5.41, 5.74) is 9.00. The maximum atomic E-state index is 5.80. The van der Waals surface area contributed by atoms with Crippen molar-refractivity contribution in [3.63, 3.8) is 0 Å². The van der Waals surface area contributed by atoms with Crippen molar-refractivity contribution >= 4 is 5.69 Å². The van der Waals surface area contributed by atoms with Crippen molar-refractivity contribution in [1.29, 1.82) is 0 Å². The van der Waals surface area contributed by atoms with E-state index in [4.69, 9.17) is 10.5 Å². The molecule has 1 aromatic carbocycles. The van der Waals surface area contributed by atoms with Crippen LogP contribution in [0.25, 0.3) is 0 Å². The number of rotatable bonds is 5. The third-order valence-corrected chi connectivity index (χ3v) is 2.16. The predicted molar refractivity (Wildman–Crippen MR) is 59.2 cm³/mol. The Bertz CT molecular complexity index is 287. The SMILES string of the molecule is COCCNCc1ccc(C)c(N)c1. The van der Waals surface area contributed by atoms with Gasteiger partial charge in [-0.2, -0.15) is 0 Å². The van der Waals surface area contributed by atoms with Crippen LogP contribution in [0.3, 0.4) is 0 Å². The van der Waals surface area contributed by atoms with Gasteiger partial charge in [0, 0.05) is 25.9 Å². The summed E-state index contributed by atoms with van der Waals surface area (Å²) < 4.78 is 4.94. The quantitative estimate of drug-likeness (QED) is 0.549. The monoisotopic (exact) mass is 194 g/mol. The van der Waals surface area contributed by atoms with Crippen LogP contribution in [0.4, 0.5) is 5.69 Å². The van der Waals surface area contributed by atoms with E-state index in [1.54, 1.807) is 7.11 Å². The molecule has 0 atom stereocenters. The number of hydrogen-bond donors (Lipinski definition) is 2. The molecule has 0 saturated heterocycles. The summed E-state index contributed by atoms with van der Waals surface area (Å²) in [4.78, 5) is 0. The summed E-state index contributed by atoms with van der Waals surface area (Å²) in [6.07, 6.45) is 0. The van der Waals surface area contributed by atoms with Crippen LogP contribution >= 0.6 is 0 Å². The summed E-state index contributed by atoms with van der Waals surface area (Å²) in [6, 6.07) is 6.14. The van der Waals surface area contributed by atoms with Gasteiger partial charge in [-0.3, -0.25) is 0 Å². The number of benzene rings is 1. The van der Waals surface area contributed by atoms with Crippen LogP contribution in [0.5, 0.6) is 0 Å². The van der Waals surface area contributed by atoms with E-state index in [2.05, 4.69) is 11.4 Å². The Morgan fingerprint density at radius 2 is 2.21 bits per heavy atom. The first-order valence-corrected chi connectivity index (χ1v) is 4.78. The number of hydrogen-bond acceptors (Lipinski definition) is 3. The topological polar surface area (TPSA) is 47.3 Å². The van der Waals surface area contributed by atoms with Crippen LogP contribution in [0, 0.1) is 6.92 Å². The van der Waals surface area contributed by atoms with Crippen LogP contribution in [-0.2, 0) is 11.3 Å². The van der Waals surface area contributed by atoms with Crippen molar-refractivity contribution in [2.45, 2.75) is 13.5 Å². The molecular formula is C11H18N2O. The summed E-state index contributed by atoms with van der Waals surface area (Å²) in [5.74, 6) is 0. The number of nitrogen functional groups attached to an aromatic ring is 1. The van der Waals surface area contributed by atoms with Gasteiger partial charge in [0.05, 0.1) is 6.61 Å². The highest BCUT2D eigenvalue weighted by Gasteiger charge is 1.96. The first-order chi connectivity index (χ1) is 6.74. The molecule has 0 fully saturated rings. The van der Waals surface area contributed by atoms with E-state index in [1.165, 1.54) is 5.56 Å². The molecule has 3 nitrogen and oxygen atoms in total. The smallest absolute Gasteiger partial charge is 0.0587 e. The van der Waals surface area contributed by atoms with E-state index in [0.717, 1.165) is 30.9 Å². The van der Waals surface area contributed by atoms with Crippen molar-refractivity contribution in [1.82, 2.24) is 5.32 Å². The lowest BCUT2D eigenvalue weighted by Crippen LogP contribution is -2.18. The Labute approximate surface area is 85.3 Å². The summed E-state index contributed by atoms with van der Waals surface area (Å²) in [5, 5.41) is 3.27. The Morgan fingerprint density at radius 1 is 1.43 bits per heavy atom. The lowest BCUT2D eigenvalue weighted by molar-refractivity contribution is 0.199. The minimum Gasteiger partial charge on any atom is -0.399 e. The molecule has 0 unspecified atom stereocenters. The van der Waals surface area contributed by atoms with Crippen LogP contribution in [0.1, 0.15) is 11.1 Å². The fraction of sp³-hybridized carbons (Fsp3) is 0.455. The van der Waals surface area contributed by atoms with Gasteiger partial charge in [0.1, 0.15) is 0 Å². The average Bonchev–Trinajstić information content (AvgIpc) is 2.18. The average molecular weight is 194 g/mol. The zero-order chi connectivity index (χ0) is 10.4. The van der Waals surface area contributed by atoms with E-state index < -0.39 is 0 Å². The summed E-state index contributed by atoms with van der Waals surface area (Å²) in [7, 11) is 1.70. The molecule has 3 heteroatoms. The largest absolute Gasteiger partial charge is 0.399 e. The normalized spacial score (nSPS) is 10.4. The third-order valence-electron chi connectivity index (χ3n) is 2.16. The Balaban J connectivity index is 2.39. The molecule has 0 aliphatic carbocycles. The standard InChI is InChI=1S/C11H18N2O/c1-9-3-4-10(7-11(9)12)8-13-5-6-14-2/h3-4,7,13H,5-6,8,12H2,1-2H3. The molecular weight excluding hydrogens is 176 g/mol. The molecule has 0 bridgehead atoms. The van der Waals surface area contributed by atoms with Crippen LogP contribution in [-0.4, -0.2) is 20.3 Å². The summed E-state index contributed by atoms with van der Waals surface area (Å²) >= 11 is 0. The van der Waals surface area contributed by atoms with Crippen molar-refractivity contribution < 1.29 is 4.74 Å². The molecule has 0 radical (unpaired) electrons. The van der Waals surface area contributed by atoms with Crippen LogP contribution < -0.4 is 11.1 Å². The Morgan fingerprint density at radius 3 is 2.86 bits per heavy atom. The highest BCUT2D eigenvalue weighted by Crippen LogP contribution is 2.12. The molecule has 0 spiro atoms. The van der Waals surface area contributed by atoms with E-state index in [0.29, 0.717) is 0 Å². The lowest BCUT2D eigenvalue weighted by atomic mass is 10.1. The van der Waals surface area contributed by atoms with Crippen LogP contribution in [0.15, 0.2) is 18.2 Å². The van der Waals surface area contributed by atoms with E-state index >= 15 is 0 Å². The number of ether oxygens (including phenoxy) is 1. The molecule has 14 heavy (non-hydrogen) atoms. The van der Waals surface area contributed by atoms with E-state index in [-0.39, 0.29) is 0 Å². The second kappa shape index (κ2) is 5.62. The number of methoxy groups -OCH3 is 1. The minimum atomic E-state index is 0.737. The van der Waals surface area contributed by atoms with Gasteiger partial charge in [-0.05, 0) is 24.1 Å². The number of aryl methyl sites for hydroxylation is 1. The van der Waals surface area contributed by atoms with Gasteiger partial charge in [-0.15, -0.1) is 0 Å². The summed E-state index contributed by atoms with van der Waals surface area (Å²) in [6.45, 7) is 4.46. The van der Waals surface area contributed by atoms with Crippen molar-refractivity contribution in [2.75, 3.05) is 26.0 Å². The lowest BCUT2D eigenvalue weighted by Gasteiger charge is -2.06. The fourth-order valence-electron chi connectivity index (χ4n) is 1.21. The molecule has 0 heterocycles. The molecule has 0 aliphatic rings. The zero-order valence-corrected chi connectivity index (χ0v) is 8.84. The molecule has 0 amide bonds. The molecule has 3 N–H and O–H groups in total. The van der Waals surface area contributed by atoms with Crippen molar-refractivity contribution in [3.05, 3.63) is 29.3 Å². The molecule has 1 rings (SSSR count). The highest BCUT2D eigenvalue weighted by molar-refractivity contribution is 5.48. The molecule has 0 aliphatic heterocycles. The third kappa shape index (κ3) is 3.36. The molecule has 0 aromatic heterocycles. The second-order valence-corrected chi connectivity index (χ2v) is 3.36. The number of nitrogens with one attached hydrogen (secondary N) is 1. The van der Waals surface area contributed by atoms with Gasteiger partial charge >= 0.3 is 0 Å². The van der Waals surface area contributed by atoms with Crippen molar-refractivity contribution in [3.8, 4) is 0 Å².